The molecule has 0 saturated carbocycles. The van der Waals surface area contributed by atoms with Gasteiger partial charge in [0.25, 0.3) is 5.56 Å². The predicted molar refractivity (Wildman–Crippen MR) is 61.9 cm³/mol. The number of aromatic nitrogens is 1. The Morgan fingerprint density at radius 3 is 2.75 bits per heavy atom. The fraction of sp³-hybridized carbons (Fsp3) is 0.500. The summed E-state index contributed by atoms with van der Waals surface area (Å²) in [4.78, 5) is 24.6. The van der Waals surface area contributed by atoms with Gasteiger partial charge < -0.3 is 10.1 Å². The summed E-state index contributed by atoms with van der Waals surface area (Å²) in [5, 5.41) is 8.79. The Morgan fingerprint density at radius 1 is 1.38 bits per heavy atom. The first-order valence-corrected chi connectivity index (χ1v) is 5.60. The Kier molecular flexibility index (Phi) is 4.76. The van der Waals surface area contributed by atoms with Crippen LogP contribution >= 0.6 is 0 Å². The maximum Gasteiger partial charge on any atom is 0.337 e. The number of carbonyl (C=O) groups is 1. The zero-order chi connectivity index (χ0) is 12.0. The topological polar surface area (TPSA) is 70.2 Å². The van der Waals surface area contributed by atoms with Crippen molar-refractivity contribution in [1.29, 1.82) is 0 Å². The Hall–Kier alpha value is -1.58. The maximum atomic E-state index is 11.4. The molecule has 1 aromatic heterocycles. The Bertz CT molecular complexity index is 409. The van der Waals surface area contributed by atoms with Crippen molar-refractivity contribution in [3.8, 4) is 0 Å². The molecular weight excluding hydrogens is 206 g/mol. The van der Waals surface area contributed by atoms with Crippen molar-refractivity contribution < 1.29 is 9.90 Å². The van der Waals surface area contributed by atoms with E-state index in [1.807, 2.05) is 0 Å². The first kappa shape index (κ1) is 12.5. The molecule has 0 aliphatic rings. The molecule has 4 nitrogen and oxygen atoms in total. The Morgan fingerprint density at radius 2 is 2.12 bits per heavy atom. The van der Waals surface area contributed by atoms with E-state index in [9.17, 15) is 9.59 Å². The lowest BCUT2D eigenvalue weighted by molar-refractivity contribution is 0.0696. The summed E-state index contributed by atoms with van der Waals surface area (Å²) in [6.45, 7) is 2.12. The van der Waals surface area contributed by atoms with Gasteiger partial charge in [-0.2, -0.15) is 0 Å². The Balaban J connectivity index is 2.67. The predicted octanol–water partition coefficient (Wildman–Crippen LogP) is 2.20. The standard InChI is InChI=1S/C12H17NO3/c1-2-3-4-5-6-9-7-10(12(15)16)8-13-11(9)14/h7-8H,2-6H2,1H3,(H,13,14)(H,15,16). The molecule has 16 heavy (non-hydrogen) atoms. The number of aromatic amines is 1. The number of aryl methyl sites for hydroxylation is 1. The quantitative estimate of drug-likeness (QED) is 0.726. The molecule has 0 amide bonds. The van der Waals surface area contributed by atoms with Crippen LogP contribution in [0.2, 0.25) is 0 Å². The van der Waals surface area contributed by atoms with Gasteiger partial charge in [0.05, 0.1) is 5.56 Å². The molecule has 0 fully saturated rings. The molecule has 88 valence electrons. The van der Waals surface area contributed by atoms with E-state index in [4.69, 9.17) is 5.11 Å². The minimum absolute atomic E-state index is 0.144. The molecule has 0 aliphatic heterocycles. The van der Waals surface area contributed by atoms with Crippen molar-refractivity contribution >= 4 is 5.97 Å². The second kappa shape index (κ2) is 6.10. The highest BCUT2D eigenvalue weighted by Gasteiger charge is 2.06. The van der Waals surface area contributed by atoms with E-state index in [1.54, 1.807) is 0 Å². The molecular formula is C12H17NO3. The van der Waals surface area contributed by atoms with Gasteiger partial charge in [-0.1, -0.05) is 26.2 Å². The number of pyridine rings is 1. The zero-order valence-corrected chi connectivity index (χ0v) is 9.45. The monoisotopic (exact) mass is 223 g/mol. The number of hydrogen-bond acceptors (Lipinski definition) is 2. The van der Waals surface area contributed by atoms with Gasteiger partial charge in [-0.25, -0.2) is 4.79 Å². The van der Waals surface area contributed by atoms with Crippen LogP contribution in [-0.2, 0) is 6.42 Å². The van der Waals surface area contributed by atoms with Crippen LogP contribution in [0.3, 0.4) is 0 Å². The minimum atomic E-state index is -1.01. The summed E-state index contributed by atoms with van der Waals surface area (Å²) < 4.78 is 0. The first-order chi connectivity index (χ1) is 7.65. The second-order valence-corrected chi connectivity index (χ2v) is 3.86. The third-order valence-corrected chi connectivity index (χ3v) is 2.53. The fourth-order valence-electron chi connectivity index (χ4n) is 1.58. The molecule has 0 unspecified atom stereocenters. The smallest absolute Gasteiger partial charge is 0.337 e. The van der Waals surface area contributed by atoms with Crippen LogP contribution in [0.5, 0.6) is 0 Å². The van der Waals surface area contributed by atoms with Gasteiger partial charge >= 0.3 is 5.97 Å². The maximum absolute atomic E-state index is 11.4. The lowest BCUT2D eigenvalue weighted by Crippen LogP contribution is -2.14. The van der Waals surface area contributed by atoms with E-state index >= 15 is 0 Å². The van der Waals surface area contributed by atoms with Crippen LogP contribution in [0.4, 0.5) is 0 Å². The summed E-state index contributed by atoms with van der Waals surface area (Å²) in [5.74, 6) is -1.01. The van der Waals surface area contributed by atoms with E-state index in [1.165, 1.54) is 12.3 Å². The van der Waals surface area contributed by atoms with Gasteiger partial charge in [0, 0.05) is 11.8 Å². The number of hydrogen-bond donors (Lipinski definition) is 2. The molecule has 0 spiro atoms. The lowest BCUT2D eigenvalue weighted by Gasteiger charge is -2.01. The van der Waals surface area contributed by atoms with Crippen LogP contribution < -0.4 is 5.56 Å². The van der Waals surface area contributed by atoms with E-state index in [0.717, 1.165) is 25.7 Å². The lowest BCUT2D eigenvalue weighted by atomic mass is 10.1. The summed E-state index contributed by atoms with van der Waals surface area (Å²) in [6.07, 6.45) is 6.19. The summed E-state index contributed by atoms with van der Waals surface area (Å²) in [5.41, 5.74) is 0.530. The summed E-state index contributed by atoms with van der Waals surface area (Å²) in [6, 6.07) is 1.47. The molecule has 1 rings (SSSR count). The molecule has 4 heteroatoms. The van der Waals surface area contributed by atoms with Crippen LogP contribution in [-0.4, -0.2) is 16.1 Å². The molecule has 0 radical (unpaired) electrons. The van der Waals surface area contributed by atoms with Gasteiger partial charge in [0.2, 0.25) is 0 Å². The largest absolute Gasteiger partial charge is 0.478 e. The van der Waals surface area contributed by atoms with Crippen molar-refractivity contribution in [2.24, 2.45) is 0 Å². The number of carboxylic acids is 1. The van der Waals surface area contributed by atoms with E-state index in [0.29, 0.717) is 12.0 Å². The third-order valence-electron chi connectivity index (χ3n) is 2.53. The van der Waals surface area contributed by atoms with Crippen molar-refractivity contribution in [1.82, 2.24) is 4.98 Å². The number of unbranched alkanes of at least 4 members (excludes halogenated alkanes) is 3. The average Bonchev–Trinajstić information content (AvgIpc) is 2.26. The van der Waals surface area contributed by atoms with Gasteiger partial charge in [0.15, 0.2) is 0 Å². The van der Waals surface area contributed by atoms with Crippen LogP contribution in [0, 0.1) is 0 Å². The molecule has 0 atom stereocenters. The SMILES string of the molecule is CCCCCCc1cc(C(=O)O)c[nH]c1=O. The minimum Gasteiger partial charge on any atom is -0.478 e. The average molecular weight is 223 g/mol. The van der Waals surface area contributed by atoms with Gasteiger partial charge in [0.1, 0.15) is 0 Å². The van der Waals surface area contributed by atoms with Crippen molar-refractivity contribution in [3.05, 3.63) is 33.7 Å². The third kappa shape index (κ3) is 3.53. The summed E-state index contributed by atoms with van der Waals surface area (Å²) in [7, 11) is 0. The zero-order valence-electron chi connectivity index (χ0n) is 9.45. The first-order valence-electron chi connectivity index (χ1n) is 5.60. The second-order valence-electron chi connectivity index (χ2n) is 3.86. The van der Waals surface area contributed by atoms with E-state index in [2.05, 4.69) is 11.9 Å². The van der Waals surface area contributed by atoms with Gasteiger partial charge in [-0.3, -0.25) is 4.79 Å². The number of aromatic carboxylic acids is 1. The van der Waals surface area contributed by atoms with Crippen molar-refractivity contribution in [3.63, 3.8) is 0 Å². The van der Waals surface area contributed by atoms with Crippen molar-refractivity contribution in [2.75, 3.05) is 0 Å². The molecule has 0 aromatic carbocycles. The van der Waals surface area contributed by atoms with Crippen LogP contribution in [0.25, 0.3) is 0 Å². The van der Waals surface area contributed by atoms with Crippen LogP contribution in [0.1, 0.15) is 48.5 Å². The van der Waals surface area contributed by atoms with Crippen LogP contribution in [0.15, 0.2) is 17.1 Å². The molecule has 1 heterocycles. The normalized spacial score (nSPS) is 10.3. The summed E-state index contributed by atoms with van der Waals surface area (Å²) >= 11 is 0. The number of nitrogens with one attached hydrogen (secondary N) is 1. The van der Waals surface area contributed by atoms with Crippen molar-refractivity contribution in [2.45, 2.75) is 39.0 Å². The molecule has 0 bridgehead atoms. The number of carboxylic acid groups (broad SMARTS) is 1. The highest BCUT2D eigenvalue weighted by Crippen LogP contribution is 2.06. The number of rotatable bonds is 6. The molecule has 1 aromatic rings. The molecule has 0 saturated heterocycles. The fourth-order valence-corrected chi connectivity index (χ4v) is 1.58. The van der Waals surface area contributed by atoms with Gasteiger partial charge in [-0.15, -0.1) is 0 Å². The highest BCUT2D eigenvalue weighted by molar-refractivity contribution is 5.87. The molecule has 0 aliphatic carbocycles. The molecule has 2 N–H and O–H groups in total. The highest BCUT2D eigenvalue weighted by atomic mass is 16.4. The van der Waals surface area contributed by atoms with E-state index < -0.39 is 5.97 Å². The van der Waals surface area contributed by atoms with E-state index in [-0.39, 0.29) is 11.1 Å². The number of H-pyrrole nitrogens is 1. The van der Waals surface area contributed by atoms with Gasteiger partial charge in [-0.05, 0) is 18.9 Å². The Labute approximate surface area is 94.3 Å².